The summed E-state index contributed by atoms with van der Waals surface area (Å²) in [4.78, 5) is 19.9. The molecule has 2 aromatic heterocycles. The monoisotopic (exact) mass is 173 g/mol. The number of aromatic nitrogens is 3. The maximum atomic E-state index is 11.4. The van der Waals surface area contributed by atoms with Crippen molar-refractivity contribution in [2.45, 2.75) is 12.8 Å². The van der Waals surface area contributed by atoms with Crippen LogP contribution in [-0.4, -0.2) is 20.4 Å². The van der Waals surface area contributed by atoms with E-state index < -0.39 is 0 Å². The van der Waals surface area contributed by atoms with Crippen LogP contribution in [0.1, 0.15) is 17.0 Å². The predicted molar refractivity (Wildman–Crippen MR) is 46.5 cm³/mol. The Balaban J connectivity index is 2.46. The molecule has 3 heterocycles. The van der Waals surface area contributed by atoms with Gasteiger partial charge in [0.05, 0.1) is 0 Å². The van der Waals surface area contributed by atoms with Crippen LogP contribution in [0, 0.1) is 0 Å². The molecule has 4 nitrogen and oxygen atoms in total. The molecule has 3 rings (SSSR count). The van der Waals surface area contributed by atoms with Gasteiger partial charge in [0.15, 0.2) is 5.65 Å². The standard InChI is InChI=1S/C9H7N3O/c13-8-4-3-7-11-6-2-1-5-10-9(6)12(7)8/h1-2,5H,3-4H2. The normalized spacial score (nSPS) is 15.2. The summed E-state index contributed by atoms with van der Waals surface area (Å²) in [7, 11) is 0. The van der Waals surface area contributed by atoms with Crippen LogP contribution < -0.4 is 0 Å². The third-order valence-electron chi connectivity index (χ3n) is 2.30. The first kappa shape index (κ1) is 6.77. The number of pyridine rings is 1. The van der Waals surface area contributed by atoms with Crippen LogP contribution in [0.3, 0.4) is 0 Å². The van der Waals surface area contributed by atoms with E-state index in [0.29, 0.717) is 12.1 Å². The average molecular weight is 173 g/mol. The summed E-state index contributed by atoms with van der Waals surface area (Å²) in [5, 5.41) is 0. The summed E-state index contributed by atoms with van der Waals surface area (Å²) >= 11 is 0. The van der Waals surface area contributed by atoms with E-state index in [0.717, 1.165) is 17.8 Å². The molecule has 0 saturated heterocycles. The Hall–Kier alpha value is -1.71. The summed E-state index contributed by atoms with van der Waals surface area (Å²) in [6, 6.07) is 3.70. The molecule has 13 heavy (non-hydrogen) atoms. The Morgan fingerprint density at radius 1 is 1.38 bits per heavy atom. The third kappa shape index (κ3) is 0.771. The molecule has 0 bridgehead atoms. The Bertz CT molecular complexity index is 501. The number of fused-ring (bicyclic) bond motifs is 3. The van der Waals surface area contributed by atoms with Gasteiger partial charge in [-0.15, -0.1) is 0 Å². The lowest BCUT2D eigenvalue weighted by atomic mass is 10.3. The van der Waals surface area contributed by atoms with E-state index in [4.69, 9.17) is 0 Å². The van der Waals surface area contributed by atoms with Crippen molar-refractivity contribution in [1.82, 2.24) is 14.5 Å². The molecule has 0 aliphatic carbocycles. The van der Waals surface area contributed by atoms with Crippen molar-refractivity contribution in [2.24, 2.45) is 0 Å². The molecule has 4 heteroatoms. The molecule has 1 aliphatic rings. The molecule has 0 saturated carbocycles. The van der Waals surface area contributed by atoms with Crippen LogP contribution in [-0.2, 0) is 6.42 Å². The Morgan fingerprint density at radius 2 is 2.31 bits per heavy atom. The zero-order valence-corrected chi connectivity index (χ0v) is 6.90. The number of carbonyl (C=O) groups excluding carboxylic acids is 1. The number of carbonyl (C=O) groups is 1. The SMILES string of the molecule is O=C1CCc2nc3cccnc3n21. The largest absolute Gasteiger partial charge is 0.274 e. The van der Waals surface area contributed by atoms with Crippen LogP contribution in [0.4, 0.5) is 0 Å². The number of hydrogen-bond donors (Lipinski definition) is 0. The Morgan fingerprint density at radius 3 is 3.23 bits per heavy atom. The second-order valence-corrected chi connectivity index (χ2v) is 3.10. The van der Waals surface area contributed by atoms with Crippen LogP contribution in [0.5, 0.6) is 0 Å². The lowest BCUT2D eigenvalue weighted by Gasteiger charge is -1.93. The van der Waals surface area contributed by atoms with Gasteiger partial charge in [0, 0.05) is 19.0 Å². The van der Waals surface area contributed by atoms with E-state index in [9.17, 15) is 4.79 Å². The van der Waals surface area contributed by atoms with E-state index in [-0.39, 0.29) is 5.91 Å². The van der Waals surface area contributed by atoms with Gasteiger partial charge in [0.1, 0.15) is 11.3 Å². The second kappa shape index (κ2) is 2.16. The molecule has 1 aliphatic heterocycles. The summed E-state index contributed by atoms with van der Waals surface area (Å²) in [6.07, 6.45) is 2.99. The van der Waals surface area contributed by atoms with E-state index >= 15 is 0 Å². The van der Waals surface area contributed by atoms with Crippen LogP contribution in [0.25, 0.3) is 11.2 Å². The molecule has 0 amide bonds. The van der Waals surface area contributed by atoms with Gasteiger partial charge in [-0.2, -0.15) is 0 Å². The zero-order chi connectivity index (χ0) is 8.84. The minimum atomic E-state index is 0.108. The highest BCUT2D eigenvalue weighted by Gasteiger charge is 2.23. The highest BCUT2D eigenvalue weighted by molar-refractivity contribution is 5.91. The number of hydrogen-bond acceptors (Lipinski definition) is 3. The van der Waals surface area contributed by atoms with Crippen LogP contribution in [0.15, 0.2) is 18.3 Å². The zero-order valence-electron chi connectivity index (χ0n) is 6.90. The molecule has 0 unspecified atom stereocenters. The summed E-state index contributed by atoms with van der Waals surface area (Å²) in [5.41, 5.74) is 1.51. The lowest BCUT2D eigenvalue weighted by Crippen LogP contribution is -2.03. The molecule has 0 atom stereocenters. The van der Waals surface area contributed by atoms with E-state index in [1.54, 1.807) is 10.8 Å². The van der Waals surface area contributed by atoms with Gasteiger partial charge in [-0.25, -0.2) is 14.5 Å². The fourth-order valence-corrected chi connectivity index (χ4v) is 1.72. The first-order valence-corrected chi connectivity index (χ1v) is 4.22. The molecule has 2 aromatic rings. The van der Waals surface area contributed by atoms with E-state index in [1.807, 2.05) is 12.1 Å². The van der Waals surface area contributed by atoms with E-state index in [1.165, 1.54) is 0 Å². The molecular formula is C9H7N3O. The molecule has 0 aromatic carbocycles. The maximum Gasteiger partial charge on any atom is 0.234 e. The van der Waals surface area contributed by atoms with Gasteiger partial charge in [0.2, 0.25) is 5.91 Å². The number of nitrogens with zero attached hydrogens (tertiary/aromatic N) is 3. The molecule has 0 fully saturated rings. The highest BCUT2D eigenvalue weighted by atomic mass is 16.2. The van der Waals surface area contributed by atoms with Crippen molar-refractivity contribution in [2.75, 3.05) is 0 Å². The number of aryl methyl sites for hydroxylation is 1. The highest BCUT2D eigenvalue weighted by Crippen LogP contribution is 2.20. The first-order valence-electron chi connectivity index (χ1n) is 4.22. The van der Waals surface area contributed by atoms with Gasteiger partial charge < -0.3 is 0 Å². The first-order chi connectivity index (χ1) is 6.36. The summed E-state index contributed by atoms with van der Waals surface area (Å²) < 4.78 is 1.62. The fraction of sp³-hybridized carbons (Fsp3) is 0.222. The van der Waals surface area contributed by atoms with Crippen molar-refractivity contribution in [3.8, 4) is 0 Å². The Kier molecular flexibility index (Phi) is 1.12. The van der Waals surface area contributed by atoms with Crippen molar-refractivity contribution in [3.05, 3.63) is 24.2 Å². The van der Waals surface area contributed by atoms with Crippen molar-refractivity contribution in [3.63, 3.8) is 0 Å². The van der Waals surface area contributed by atoms with Crippen LogP contribution >= 0.6 is 0 Å². The van der Waals surface area contributed by atoms with Gasteiger partial charge in [-0.1, -0.05) is 0 Å². The van der Waals surface area contributed by atoms with Gasteiger partial charge in [-0.3, -0.25) is 4.79 Å². The molecule has 64 valence electrons. The quantitative estimate of drug-likeness (QED) is 0.597. The maximum absolute atomic E-state index is 11.4. The fourth-order valence-electron chi connectivity index (χ4n) is 1.72. The van der Waals surface area contributed by atoms with Gasteiger partial charge in [-0.05, 0) is 12.1 Å². The van der Waals surface area contributed by atoms with Gasteiger partial charge >= 0.3 is 0 Å². The van der Waals surface area contributed by atoms with Crippen molar-refractivity contribution >= 4 is 17.1 Å². The third-order valence-corrected chi connectivity index (χ3v) is 2.30. The second-order valence-electron chi connectivity index (χ2n) is 3.10. The minimum absolute atomic E-state index is 0.108. The number of imidazole rings is 1. The van der Waals surface area contributed by atoms with Crippen molar-refractivity contribution in [1.29, 1.82) is 0 Å². The van der Waals surface area contributed by atoms with Crippen LogP contribution in [0.2, 0.25) is 0 Å². The number of rotatable bonds is 0. The topological polar surface area (TPSA) is 47.8 Å². The van der Waals surface area contributed by atoms with Gasteiger partial charge in [0.25, 0.3) is 0 Å². The smallest absolute Gasteiger partial charge is 0.234 e. The molecule has 0 radical (unpaired) electrons. The lowest BCUT2D eigenvalue weighted by molar-refractivity contribution is 0.0928. The molecule has 0 N–H and O–H groups in total. The minimum Gasteiger partial charge on any atom is -0.274 e. The average Bonchev–Trinajstić information content (AvgIpc) is 2.66. The summed E-state index contributed by atoms with van der Waals surface area (Å²) in [5.74, 6) is 0.954. The predicted octanol–water partition coefficient (Wildman–Crippen LogP) is 1.02. The summed E-state index contributed by atoms with van der Waals surface area (Å²) in [6.45, 7) is 0. The molecule has 0 spiro atoms. The molecular weight excluding hydrogens is 166 g/mol. The van der Waals surface area contributed by atoms with Crippen molar-refractivity contribution < 1.29 is 4.79 Å². The Labute approximate surface area is 74.2 Å². The van der Waals surface area contributed by atoms with E-state index in [2.05, 4.69) is 9.97 Å².